The molecule has 4 heteroatoms. The van der Waals surface area contributed by atoms with E-state index in [1.54, 1.807) is 0 Å². The fourth-order valence-corrected chi connectivity index (χ4v) is 2.92. The van der Waals surface area contributed by atoms with Gasteiger partial charge in [0.15, 0.2) is 0 Å². The monoisotopic (exact) mass is 310 g/mol. The third-order valence-electron chi connectivity index (χ3n) is 3.70. The Morgan fingerprint density at radius 1 is 1.33 bits per heavy atom. The number of aliphatic hydroxyl groups excluding tert-OH is 1. The molecule has 0 spiro atoms. The van der Waals surface area contributed by atoms with Crippen LogP contribution >= 0.6 is 15.9 Å². The summed E-state index contributed by atoms with van der Waals surface area (Å²) in [7, 11) is 0. The van der Waals surface area contributed by atoms with Gasteiger partial charge in [0.25, 0.3) is 0 Å². The van der Waals surface area contributed by atoms with E-state index < -0.39 is 0 Å². The Bertz CT molecular complexity index is 434. The summed E-state index contributed by atoms with van der Waals surface area (Å²) in [6.45, 7) is 2.64. The molecule has 0 bridgehead atoms. The molecule has 1 aromatic rings. The number of nitrogens with zero attached hydrogens (tertiary/aromatic N) is 1. The summed E-state index contributed by atoms with van der Waals surface area (Å²) in [5.41, 5.74) is 2.59. The van der Waals surface area contributed by atoms with Crippen LogP contribution in [0.15, 0.2) is 22.7 Å². The lowest BCUT2D eigenvalue weighted by Gasteiger charge is -2.22. The molecule has 1 atom stereocenters. The largest absolute Gasteiger partial charge is 0.391 e. The van der Waals surface area contributed by atoms with E-state index in [4.69, 9.17) is 0 Å². The van der Waals surface area contributed by atoms with Crippen molar-refractivity contribution in [1.82, 2.24) is 5.32 Å². The first-order valence-electron chi connectivity index (χ1n) is 6.67. The van der Waals surface area contributed by atoms with E-state index in [0.29, 0.717) is 0 Å². The van der Waals surface area contributed by atoms with E-state index in [2.05, 4.69) is 44.3 Å². The second-order valence-corrected chi connectivity index (χ2v) is 6.23. The minimum Gasteiger partial charge on any atom is -0.391 e. The zero-order chi connectivity index (χ0) is 12.5. The molecule has 1 aromatic carbocycles. The molecule has 2 aliphatic rings. The van der Waals surface area contributed by atoms with Crippen molar-refractivity contribution in [3.05, 3.63) is 28.2 Å². The van der Waals surface area contributed by atoms with Crippen molar-refractivity contribution in [1.29, 1.82) is 0 Å². The quantitative estimate of drug-likeness (QED) is 0.895. The molecule has 0 aromatic heterocycles. The Balaban J connectivity index is 1.77. The first-order chi connectivity index (χ1) is 8.72. The highest BCUT2D eigenvalue weighted by Crippen LogP contribution is 2.28. The van der Waals surface area contributed by atoms with Gasteiger partial charge < -0.3 is 15.3 Å². The van der Waals surface area contributed by atoms with Gasteiger partial charge in [-0.05, 0) is 43.0 Å². The highest BCUT2D eigenvalue weighted by Gasteiger charge is 2.24. The lowest BCUT2D eigenvalue weighted by atomic mass is 10.1. The number of halogens is 1. The van der Waals surface area contributed by atoms with Crippen molar-refractivity contribution >= 4 is 21.6 Å². The minimum atomic E-state index is -0.169. The van der Waals surface area contributed by atoms with Crippen molar-refractivity contribution in [2.45, 2.75) is 38.0 Å². The fraction of sp³-hybridized carbons (Fsp3) is 0.571. The van der Waals surface area contributed by atoms with Crippen molar-refractivity contribution in [3.63, 3.8) is 0 Å². The predicted molar refractivity (Wildman–Crippen MR) is 76.8 cm³/mol. The van der Waals surface area contributed by atoms with Gasteiger partial charge in [-0.25, -0.2) is 0 Å². The molecule has 2 N–H and O–H groups in total. The summed E-state index contributed by atoms with van der Waals surface area (Å²) in [5, 5.41) is 13.2. The number of nitrogens with one attached hydrogen (secondary N) is 1. The predicted octanol–water partition coefficient (Wildman–Crippen LogP) is 2.27. The third-order valence-corrected chi connectivity index (χ3v) is 4.20. The average Bonchev–Trinajstić information content (AvgIpc) is 3.08. The van der Waals surface area contributed by atoms with E-state index in [1.165, 1.54) is 24.1 Å². The smallest absolute Gasteiger partial charge is 0.0731 e. The summed E-state index contributed by atoms with van der Waals surface area (Å²) < 4.78 is 1.12. The van der Waals surface area contributed by atoms with Crippen LogP contribution in [-0.2, 0) is 6.54 Å². The summed E-state index contributed by atoms with van der Waals surface area (Å²) >= 11 is 3.54. The Labute approximate surface area is 116 Å². The number of β-amino-alcohol motifs (C(OH)–C–C–N with tert-alkyl or cyclic N) is 1. The Morgan fingerprint density at radius 2 is 2.17 bits per heavy atom. The molecule has 2 fully saturated rings. The molecule has 1 saturated carbocycles. The van der Waals surface area contributed by atoms with Crippen molar-refractivity contribution in [3.8, 4) is 0 Å². The van der Waals surface area contributed by atoms with E-state index in [9.17, 15) is 5.11 Å². The van der Waals surface area contributed by atoms with Gasteiger partial charge in [0, 0.05) is 35.8 Å². The number of benzene rings is 1. The maximum Gasteiger partial charge on any atom is 0.0731 e. The Morgan fingerprint density at radius 3 is 2.83 bits per heavy atom. The van der Waals surface area contributed by atoms with Gasteiger partial charge in [-0.3, -0.25) is 0 Å². The van der Waals surface area contributed by atoms with Gasteiger partial charge in [0.05, 0.1) is 6.10 Å². The van der Waals surface area contributed by atoms with E-state index >= 15 is 0 Å². The zero-order valence-electron chi connectivity index (χ0n) is 10.4. The van der Waals surface area contributed by atoms with Gasteiger partial charge in [-0.1, -0.05) is 15.9 Å². The maximum absolute atomic E-state index is 9.67. The normalized spacial score (nSPS) is 23.7. The standard InChI is InChI=1S/C14H19BrN2O/c15-11-1-4-14(17-6-5-13(18)9-17)10(7-11)8-16-12-2-3-12/h1,4,7,12-13,16,18H,2-3,5-6,8-9H2. The van der Waals surface area contributed by atoms with Crippen LogP contribution in [0, 0.1) is 0 Å². The van der Waals surface area contributed by atoms with Crippen LogP contribution in [0.3, 0.4) is 0 Å². The van der Waals surface area contributed by atoms with Crippen LogP contribution in [0.4, 0.5) is 5.69 Å². The Hall–Kier alpha value is -0.580. The van der Waals surface area contributed by atoms with E-state index in [-0.39, 0.29) is 6.10 Å². The molecule has 1 unspecified atom stereocenters. The van der Waals surface area contributed by atoms with Gasteiger partial charge >= 0.3 is 0 Å². The highest BCUT2D eigenvalue weighted by atomic mass is 79.9. The van der Waals surface area contributed by atoms with Crippen LogP contribution < -0.4 is 10.2 Å². The number of hydrogen-bond donors (Lipinski definition) is 2. The molecule has 3 nitrogen and oxygen atoms in total. The molecular formula is C14H19BrN2O. The first kappa shape index (κ1) is 12.5. The van der Waals surface area contributed by atoms with Crippen LogP contribution in [0.1, 0.15) is 24.8 Å². The average molecular weight is 311 g/mol. The van der Waals surface area contributed by atoms with Gasteiger partial charge in [0.2, 0.25) is 0 Å². The molecule has 0 amide bonds. The summed E-state index contributed by atoms with van der Waals surface area (Å²) in [6, 6.07) is 7.16. The van der Waals surface area contributed by atoms with Gasteiger partial charge in [0.1, 0.15) is 0 Å². The summed E-state index contributed by atoms with van der Waals surface area (Å²) in [5.74, 6) is 0. The van der Waals surface area contributed by atoms with Crippen LogP contribution in [-0.4, -0.2) is 30.3 Å². The van der Waals surface area contributed by atoms with Gasteiger partial charge in [-0.15, -0.1) is 0 Å². The molecule has 18 heavy (non-hydrogen) atoms. The molecule has 3 rings (SSSR count). The maximum atomic E-state index is 9.67. The molecule has 1 aliphatic carbocycles. The molecule has 98 valence electrons. The van der Waals surface area contributed by atoms with E-state index in [1.807, 2.05) is 0 Å². The summed E-state index contributed by atoms with van der Waals surface area (Å²) in [6.07, 6.45) is 3.33. The molecule has 0 radical (unpaired) electrons. The Kier molecular flexibility index (Phi) is 3.59. The molecular weight excluding hydrogens is 292 g/mol. The molecule has 1 aliphatic heterocycles. The van der Waals surface area contributed by atoms with Crippen molar-refractivity contribution < 1.29 is 5.11 Å². The molecule has 1 saturated heterocycles. The van der Waals surface area contributed by atoms with Crippen molar-refractivity contribution in [2.75, 3.05) is 18.0 Å². The SMILES string of the molecule is OC1CCN(c2ccc(Br)cc2CNC2CC2)C1. The van der Waals surface area contributed by atoms with Crippen molar-refractivity contribution in [2.24, 2.45) is 0 Å². The third kappa shape index (κ3) is 2.87. The molecule has 1 heterocycles. The highest BCUT2D eigenvalue weighted by molar-refractivity contribution is 9.10. The fourth-order valence-electron chi connectivity index (χ4n) is 2.51. The van der Waals surface area contributed by atoms with Crippen LogP contribution in [0.2, 0.25) is 0 Å². The lowest BCUT2D eigenvalue weighted by Crippen LogP contribution is -2.24. The second-order valence-electron chi connectivity index (χ2n) is 5.32. The first-order valence-corrected chi connectivity index (χ1v) is 7.46. The number of aliphatic hydroxyl groups is 1. The lowest BCUT2D eigenvalue weighted by molar-refractivity contribution is 0.198. The number of rotatable bonds is 4. The van der Waals surface area contributed by atoms with Crippen LogP contribution in [0.5, 0.6) is 0 Å². The van der Waals surface area contributed by atoms with Gasteiger partial charge in [-0.2, -0.15) is 0 Å². The second kappa shape index (κ2) is 5.19. The number of anilines is 1. The number of hydrogen-bond acceptors (Lipinski definition) is 3. The minimum absolute atomic E-state index is 0.169. The zero-order valence-corrected chi connectivity index (χ0v) is 12.0. The van der Waals surface area contributed by atoms with E-state index in [0.717, 1.165) is 36.6 Å². The van der Waals surface area contributed by atoms with Crippen LogP contribution in [0.25, 0.3) is 0 Å². The topological polar surface area (TPSA) is 35.5 Å². The summed E-state index contributed by atoms with van der Waals surface area (Å²) in [4.78, 5) is 2.29.